The fourth-order valence-electron chi connectivity index (χ4n) is 2.56. The fourth-order valence-corrected chi connectivity index (χ4v) is 2.56. The number of hydrogen-bond acceptors (Lipinski definition) is 3. The van der Waals surface area contributed by atoms with Gasteiger partial charge in [0, 0.05) is 19.7 Å². The Morgan fingerprint density at radius 1 is 1.44 bits per heavy atom. The van der Waals surface area contributed by atoms with Crippen LogP contribution in [0.5, 0.6) is 0 Å². The molecule has 0 aromatic carbocycles. The summed E-state index contributed by atoms with van der Waals surface area (Å²) in [5.41, 5.74) is 5.43. The van der Waals surface area contributed by atoms with Crippen LogP contribution in [0.1, 0.15) is 40.0 Å². The zero-order chi connectivity index (χ0) is 13.6. The average Bonchev–Trinajstić information content (AvgIpc) is 2.28. The molecule has 4 nitrogen and oxygen atoms in total. The van der Waals surface area contributed by atoms with Crippen LogP contribution in [-0.4, -0.2) is 32.2 Å². The highest BCUT2D eigenvalue weighted by atomic mass is 16.5. The predicted octanol–water partition coefficient (Wildman–Crippen LogP) is 1.54. The first-order valence-electron chi connectivity index (χ1n) is 7.06. The zero-order valence-electron chi connectivity index (χ0n) is 12.0. The summed E-state index contributed by atoms with van der Waals surface area (Å²) in [7, 11) is 0. The van der Waals surface area contributed by atoms with Gasteiger partial charge < -0.3 is 15.8 Å². The van der Waals surface area contributed by atoms with Crippen molar-refractivity contribution < 1.29 is 9.53 Å². The Balaban J connectivity index is 2.10. The minimum atomic E-state index is -0.294. The van der Waals surface area contributed by atoms with Crippen LogP contribution in [0.15, 0.2) is 0 Å². The van der Waals surface area contributed by atoms with Crippen molar-refractivity contribution in [3.63, 3.8) is 0 Å². The minimum absolute atomic E-state index is 0.107. The molecule has 1 fully saturated rings. The van der Waals surface area contributed by atoms with E-state index in [-0.39, 0.29) is 11.3 Å². The molecule has 0 aliphatic heterocycles. The molecule has 1 saturated carbocycles. The summed E-state index contributed by atoms with van der Waals surface area (Å²) in [6, 6.07) is 0. The lowest BCUT2D eigenvalue weighted by Crippen LogP contribution is -2.53. The third-order valence-electron chi connectivity index (χ3n) is 3.72. The number of nitrogens with two attached hydrogens (primary N) is 1. The molecular weight excluding hydrogens is 228 g/mol. The summed E-state index contributed by atoms with van der Waals surface area (Å²) in [6.45, 7) is 8.92. The van der Waals surface area contributed by atoms with Gasteiger partial charge in [-0.2, -0.15) is 0 Å². The van der Waals surface area contributed by atoms with Crippen molar-refractivity contribution >= 4 is 5.91 Å². The van der Waals surface area contributed by atoms with E-state index in [1.54, 1.807) is 0 Å². The number of rotatable bonds is 8. The molecule has 0 aromatic heterocycles. The van der Waals surface area contributed by atoms with Gasteiger partial charge in [0.15, 0.2) is 0 Å². The maximum atomic E-state index is 12.0. The molecule has 0 unspecified atom stereocenters. The van der Waals surface area contributed by atoms with Gasteiger partial charge in [-0.1, -0.05) is 20.8 Å². The Hall–Kier alpha value is -0.610. The zero-order valence-corrected chi connectivity index (χ0v) is 12.0. The molecule has 0 radical (unpaired) electrons. The first-order chi connectivity index (χ1) is 8.50. The van der Waals surface area contributed by atoms with Gasteiger partial charge in [0.1, 0.15) is 0 Å². The Kier molecular flexibility index (Phi) is 6.09. The molecule has 18 heavy (non-hydrogen) atoms. The average molecular weight is 256 g/mol. The van der Waals surface area contributed by atoms with Crippen molar-refractivity contribution in [1.29, 1.82) is 0 Å². The van der Waals surface area contributed by atoms with Crippen LogP contribution in [0.4, 0.5) is 0 Å². The van der Waals surface area contributed by atoms with Crippen molar-refractivity contribution in [2.75, 3.05) is 26.3 Å². The Bertz CT molecular complexity index is 261. The Morgan fingerprint density at radius 2 is 2.11 bits per heavy atom. The summed E-state index contributed by atoms with van der Waals surface area (Å²) < 4.78 is 5.47. The summed E-state index contributed by atoms with van der Waals surface area (Å²) in [5, 5.41) is 2.94. The van der Waals surface area contributed by atoms with E-state index in [1.165, 1.54) is 0 Å². The van der Waals surface area contributed by atoms with Gasteiger partial charge in [-0.15, -0.1) is 0 Å². The molecule has 106 valence electrons. The lowest BCUT2D eigenvalue weighted by atomic mass is 9.62. The lowest BCUT2D eigenvalue weighted by molar-refractivity contribution is -0.138. The third-order valence-corrected chi connectivity index (χ3v) is 3.72. The van der Waals surface area contributed by atoms with Crippen LogP contribution in [0.2, 0.25) is 0 Å². The van der Waals surface area contributed by atoms with Gasteiger partial charge in [-0.25, -0.2) is 0 Å². The van der Waals surface area contributed by atoms with Crippen LogP contribution in [0.25, 0.3) is 0 Å². The lowest BCUT2D eigenvalue weighted by Gasteiger charge is -2.44. The first kappa shape index (κ1) is 15.4. The fraction of sp³-hybridized carbons (Fsp3) is 0.929. The van der Waals surface area contributed by atoms with Gasteiger partial charge in [-0.05, 0) is 31.1 Å². The predicted molar refractivity (Wildman–Crippen MR) is 73.2 cm³/mol. The molecule has 1 rings (SSSR count). The molecule has 0 bridgehead atoms. The van der Waals surface area contributed by atoms with E-state index in [1.807, 2.05) is 0 Å². The maximum absolute atomic E-state index is 12.0. The van der Waals surface area contributed by atoms with Crippen molar-refractivity contribution in [3.05, 3.63) is 0 Å². The molecule has 4 heteroatoms. The second-order valence-electron chi connectivity index (χ2n) is 6.05. The number of nitrogens with one attached hydrogen (secondary N) is 1. The highest BCUT2D eigenvalue weighted by Gasteiger charge is 2.46. The molecular formula is C14H28N2O2. The van der Waals surface area contributed by atoms with Crippen LogP contribution in [0.3, 0.4) is 0 Å². The van der Waals surface area contributed by atoms with E-state index in [0.717, 1.165) is 25.9 Å². The summed E-state index contributed by atoms with van der Waals surface area (Å²) in [5.74, 6) is 1.40. The first-order valence-corrected chi connectivity index (χ1v) is 7.06. The standard InChI is InChI=1S/C14H28N2O2/c1-11(2)4-6-18-7-5-16-13(17)14(10-15)8-12(3)9-14/h11-12H,4-10,15H2,1-3H3,(H,16,17). The smallest absolute Gasteiger partial charge is 0.227 e. The SMILES string of the molecule is CC(C)CCOCCNC(=O)C1(CN)CC(C)C1. The van der Waals surface area contributed by atoms with Gasteiger partial charge in [-0.3, -0.25) is 4.79 Å². The molecule has 1 aliphatic rings. The topological polar surface area (TPSA) is 64.3 Å². The summed E-state index contributed by atoms with van der Waals surface area (Å²) in [4.78, 5) is 12.0. The number of carbonyl (C=O) groups is 1. The number of amides is 1. The minimum Gasteiger partial charge on any atom is -0.380 e. The molecule has 0 aromatic rings. The van der Waals surface area contributed by atoms with E-state index in [4.69, 9.17) is 10.5 Å². The second-order valence-corrected chi connectivity index (χ2v) is 6.05. The van der Waals surface area contributed by atoms with E-state index in [2.05, 4.69) is 26.1 Å². The van der Waals surface area contributed by atoms with E-state index < -0.39 is 0 Å². The van der Waals surface area contributed by atoms with E-state index in [9.17, 15) is 4.79 Å². The number of carbonyl (C=O) groups excluding carboxylic acids is 1. The summed E-state index contributed by atoms with van der Waals surface area (Å²) >= 11 is 0. The molecule has 0 saturated heterocycles. The molecule has 1 amide bonds. The highest BCUT2D eigenvalue weighted by molar-refractivity contribution is 5.83. The normalized spacial score (nSPS) is 27.1. The molecule has 3 N–H and O–H groups in total. The maximum Gasteiger partial charge on any atom is 0.227 e. The third kappa shape index (κ3) is 4.25. The van der Waals surface area contributed by atoms with Crippen LogP contribution < -0.4 is 11.1 Å². The Labute approximate surface area is 111 Å². The van der Waals surface area contributed by atoms with Gasteiger partial charge >= 0.3 is 0 Å². The summed E-state index contributed by atoms with van der Waals surface area (Å²) in [6.07, 6.45) is 2.91. The van der Waals surface area contributed by atoms with Crippen molar-refractivity contribution in [3.8, 4) is 0 Å². The van der Waals surface area contributed by atoms with Gasteiger partial charge in [0.2, 0.25) is 5.91 Å². The van der Waals surface area contributed by atoms with Gasteiger partial charge in [0.25, 0.3) is 0 Å². The van der Waals surface area contributed by atoms with E-state index in [0.29, 0.717) is 31.5 Å². The largest absolute Gasteiger partial charge is 0.380 e. The molecule has 0 spiro atoms. The van der Waals surface area contributed by atoms with E-state index >= 15 is 0 Å². The van der Waals surface area contributed by atoms with Crippen molar-refractivity contribution in [2.45, 2.75) is 40.0 Å². The molecule has 0 heterocycles. The van der Waals surface area contributed by atoms with Crippen LogP contribution in [0, 0.1) is 17.3 Å². The second kappa shape index (κ2) is 7.10. The quantitative estimate of drug-likeness (QED) is 0.647. The van der Waals surface area contributed by atoms with Gasteiger partial charge in [0.05, 0.1) is 12.0 Å². The Morgan fingerprint density at radius 3 is 2.61 bits per heavy atom. The van der Waals surface area contributed by atoms with Crippen molar-refractivity contribution in [1.82, 2.24) is 5.32 Å². The monoisotopic (exact) mass is 256 g/mol. The highest BCUT2D eigenvalue weighted by Crippen LogP contribution is 2.44. The van der Waals surface area contributed by atoms with Crippen LogP contribution in [-0.2, 0) is 9.53 Å². The molecule has 1 aliphatic carbocycles. The molecule has 0 atom stereocenters. The van der Waals surface area contributed by atoms with Crippen LogP contribution >= 0.6 is 0 Å². The number of ether oxygens (including phenoxy) is 1. The number of hydrogen-bond donors (Lipinski definition) is 2. The van der Waals surface area contributed by atoms with Crippen molar-refractivity contribution in [2.24, 2.45) is 23.0 Å².